The third-order valence-electron chi connectivity index (χ3n) is 24.5. The Morgan fingerprint density at radius 1 is 0.343 bits per heavy atom. The molecule has 21 unspecified atom stereocenters. The summed E-state index contributed by atoms with van der Waals surface area (Å²) >= 11 is 0. The van der Waals surface area contributed by atoms with Gasteiger partial charge in [0.05, 0.1) is 187 Å². The lowest BCUT2D eigenvalue weighted by atomic mass is 9.70. The van der Waals surface area contributed by atoms with Crippen LogP contribution in [0.25, 0.3) is 0 Å². The van der Waals surface area contributed by atoms with E-state index in [1.807, 2.05) is 48.5 Å². The number of nitrogens with zero attached hydrogens (tertiary/aromatic N) is 2. The average molecular weight is 2000 g/mol. The van der Waals surface area contributed by atoms with Crippen LogP contribution in [0, 0.1) is 53.3 Å². The Bertz CT molecular complexity index is 3720. The lowest BCUT2D eigenvalue weighted by Crippen LogP contribution is -2.58. The minimum absolute atomic E-state index is 0.000961. The van der Waals surface area contributed by atoms with Gasteiger partial charge in [-0.05, 0) is 71.7 Å². The van der Waals surface area contributed by atoms with E-state index in [1.165, 1.54) is 55.4 Å². The normalized spacial score (nSPS) is 24.5. The fourth-order valence-corrected chi connectivity index (χ4v) is 16.1. The maximum Gasteiger partial charge on any atom is 0.408 e. The molecule has 0 aromatic heterocycles. The summed E-state index contributed by atoms with van der Waals surface area (Å²) in [6.45, 7) is 24.4. The quantitative estimate of drug-likeness (QED) is 0.0241. The van der Waals surface area contributed by atoms with Gasteiger partial charge in [0, 0.05) is 88.0 Å². The summed E-state index contributed by atoms with van der Waals surface area (Å²) in [6, 6.07) is 4.98. The SMILES string of the molecule is CC(=O)NC1C(OCCOCCOCCNC(=O)CN(CC(=O)NCCOCCOCCOC2OC(COC(C)=O)C(C)C(C)C2NC(C)=O)C(=O)CCC(NC(=O)OCc2ccccc2)C(=O)N(CC(=O)NCCOCCOCCOC2OC(COC(C)=O)C(C)C(C)C2NC(C)=O)CC(=O)NCCOCCOCCOC2OC(COC(C)=O)C(C)C(C)C2NC(C)=O)CC(COC(C)=O)C(C)C1C. The molecule has 46 nitrogen and oxygen atoms in total. The molecule has 3 saturated heterocycles. The van der Waals surface area contributed by atoms with Crippen molar-refractivity contribution in [2.45, 2.75) is 210 Å². The first-order chi connectivity index (χ1) is 66.8. The van der Waals surface area contributed by atoms with Crippen LogP contribution in [0.4, 0.5) is 4.79 Å². The van der Waals surface area contributed by atoms with Crippen LogP contribution < -0.4 is 47.9 Å². The maximum atomic E-state index is 15.2. The second kappa shape index (κ2) is 67.8. The van der Waals surface area contributed by atoms with Gasteiger partial charge < -0.3 is 152 Å². The molecule has 46 heteroatoms. The van der Waals surface area contributed by atoms with E-state index in [2.05, 4.69) is 54.8 Å². The second-order valence-electron chi connectivity index (χ2n) is 35.2. The molecule has 21 atom stereocenters. The van der Waals surface area contributed by atoms with Crippen LogP contribution in [0.3, 0.4) is 0 Å². The van der Waals surface area contributed by atoms with Crippen molar-refractivity contribution in [2.24, 2.45) is 53.3 Å². The third kappa shape index (κ3) is 48.0. The average Bonchev–Trinajstić information content (AvgIpc) is 0.816. The van der Waals surface area contributed by atoms with Gasteiger partial charge in [0.1, 0.15) is 58.6 Å². The van der Waals surface area contributed by atoms with Crippen LogP contribution in [-0.4, -0.2) is 383 Å². The van der Waals surface area contributed by atoms with Crippen molar-refractivity contribution in [1.82, 2.24) is 57.7 Å². The summed E-state index contributed by atoms with van der Waals surface area (Å²) in [6.07, 6.45) is -6.32. The Morgan fingerprint density at radius 3 is 0.979 bits per heavy atom. The lowest BCUT2D eigenvalue weighted by Gasteiger charge is -2.44. The summed E-state index contributed by atoms with van der Waals surface area (Å²) in [5.74, 6) is -8.30. The lowest BCUT2D eigenvalue weighted by molar-refractivity contribution is -0.247. The van der Waals surface area contributed by atoms with E-state index in [9.17, 15) is 67.1 Å². The smallest absolute Gasteiger partial charge is 0.408 e. The second-order valence-corrected chi connectivity index (χ2v) is 35.2. The zero-order valence-electron chi connectivity index (χ0n) is 84.2. The molecule has 140 heavy (non-hydrogen) atoms. The highest BCUT2D eigenvalue weighted by molar-refractivity contribution is 5.94. The Hall–Kier alpha value is -9.53. The highest BCUT2D eigenvalue weighted by Crippen LogP contribution is 2.38. The molecule has 3 heterocycles. The number of nitrogens with one attached hydrogen (secondary N) is 9. The van der Waals surface area contributed by atoms with E-state index in [4.69, 9.17) is 94.7 Å². The number of ether oxygens (including phenoxy) is 20. The van der Waals surface area contributed by atoms with Gasteiger partial charge in [-0.3, -0.25) is 67.1 Å². The van der Waals surface area contributed by atoms with Crippen LogP contribution in [0.15, 0.2) is 30.3 Å². The van der Waals surface area contributed by atoms with Crippen LogP contribution in [-0.2, 0) is 168 Å². The monoisotopic (exact) mass is 2000 g/mol. The Kier molecular flexibility index (Phi) is 58.6. The molecular weight excluding hydrogens is 1840 g/mol. The number of alkyl carbamates (subject to hydrolysis) is 1. The van der Waals surface area contributed by atoms with Crippen molar-refractivity contribution in [1.29, 1.82) is 0 Å². The van der Waals surface area contributed by atoms with Crippen LogP contribution in [0.5, 0.6) is 0 Å². The zero-order chi connectivity index (χ0) is 103. The van der Waals surface area contributed by atoms with Crippen LogP contribution >= 0.6 is 0 Å². The Balaban J connectivity index is 1.26. The fraction of sp³-hybridized carbons (Fsp3) is 0.777. The summed E-state index contributed by atoms with van der Waals surface area (Å²) < 4.78 is 115. The first-order valence-electron chi connectivity index (χ1n) is 48.1. The molecule has 796 valence electrons. The summed E-state index contributed by atoms with van der Waals surface area (Å²) in [4.78, 5) is 197. The number of esters is 4. The van der Waals surface area contributed by atoms with Gasteiger partial charge in [-0.1, -0.05) is 85.7 Å². The molecule has 0 spiro atoms. The molecule has 0 bridgehead atoms. The number of hydrogen-bond acceptors (Lipinski definition) is 35. The number of amides is 11. The topological polar surface area (TPSA) is 555 Å². The molecule has 9 N–H and O–H groups in total. The Morgan fingerprint density at radius 2 is 0.643 bits per heavy atom. The Labute approximate surface area is 820 Å². The van der Waals surface area contributed by atoms with Gasteiger partial charge >= 0.3 is 30.0 Å². The van der Waals surface area contributed by atoms with E-state index in [-0.39, 0.29) is 286 Å². The van der Waals surface area contributed by atoms with Gasteiger partial charge in [-0.15, -0.1) is 0 Å². The first kappa shape index (κ1) is 121. The highest BCUT2D eigenvalue weighted by atomic mass is 16.7. The van der Waals surface area contributed by atoms with Gasteiger partial charge in [0.25, 0.3) is 0 Å². The summed E-state index contributed by atoms with van der Waals surface area (Å²) in [5, 5.41) is 24.9. The van der Waals surface area contributed by atoms with Gasteiger partial charge in [0.2, 0.25) is 59.1 Å². The molecule has 1 saturated carbocycles. The van der Waals surface area contributed by atoms with E-state index in [1.54, 1.807) is 30.3 Å². The number of rotatable bonds is 67. The summed E-state index contributed by atoms with van der Waals surface area (Å²) in [5.41, 5.74) is 0.561. The summed E-state index contributed by atoms with van der Waals surface area (Å²) in [7, 11) is 0. The molecule has 1 aliphatic carbocycles. The van der Waals surface area contributed by atoms with Crippen LogP contribution in [0.2, 0.25) is 0 Å². The zero-order valence-corrected chi connectivity index (χ0v) is 84.2. The maximum absolute atomic E-state index is 15.2. The molecule has 1 aromatic carbocycles. The first-order valence-corrected chi connectivity index (χ1v) is 48.1. The molecule has 3 aliphatic heterocycles. The molecular formula is C94H155N11O35. The van der Waals surface area contributed by atoms with Crippen molar-refractivity contribution < 1.29 is 167 Å². The largest absolute Gasteiger partial charge is 0.466 e. The molecule has 11 amide bonds. The van der Waals surface area contributed by atoms with Crippen molar-refractivity contribution in [3.63, 3.8) is 0 Å². The minimum Gasteiger partial charge on any atom is -0.466 e. The van der Waals surface area contributed by atoms with Gasteiger partial charge in [-0.2, -0.15) is 0 Å². The number of hydrogen-bond donors (Lipinski definition) is 9. The van der Waals surface area contributed by atoms with E-state index < -0.39 is 160 Å². The third-order valence-corrected chi connectivity index (χ3v) is 24.5. The fourth-order valence-electron chi connectivity index (χ4n) is 16.1. The standard InChI is InChI=1S/C94H155N11O35/c1-58-62(5)86(99-66(9)106)77(48-75(58)54-133-70(13)110)129-44-40-125-36-32-121-28-24-95-81(114)49-104(50-82(115)96-25-29-122-33-37-126-41-45-130-91-87(100-67(10)107)63(6)59(2)78(138-91)55-134-71(14)111)85(118)23-22-76(103-94(120)137-53-74-20-18-17-19-21-74)90(119)105(51-83(116)97-26-30-123-34-38-127-42-46-131-92-88(101-68(11)108)64(7)60(3)79(139-92)56-135-72(15)112)52-84(117)98-27-31-124-35-39-128-43-47-132-93-89(102-69(12)109)65(8)61(4)80(140-93)57-136-73(16)113/h17-21,58-65,75-80,86-89,91-93H,22-57H2,1-16H3,(H,95,114)(H,96,115)(H,97,116)(H,98,117)(H,99,106)(H,100,107)(H,101,108)(H,102,109)(H,103,120). The van der Waals surface area contributed by atoms with Crippen molar-refractivity contribution in [2.75, 3.05) is 211 Å². The molecule has 5 rings (SSSR count). The highest BCUT2D eigenvalue weighted by Gasteiger charge is 2.48. The van der Waals surface area contributed by atoms with Crippen molar-refractivity contribution in [3.05, 3.63) is 35.9 Å². The molecule has 1 aromatic rings. The van der Waals surface area contributed by atoms with Crippen molar-refractivity contribution in [3.8, 4) is 0 Å². The predicted molar refractivity (Wildman–Crippen MR) is 496 cm³/mol. The van der Waals surface area contributed by atoms with Crippen LogP contribution in [0.1, 0.15) is 136 Å². The van der Waals surface area contributed by atoms with E-state index in [0.29, 0.717) is 12.0 Å². The van der Waals surface area contributed by atoms with Gasteiger partial charge in [-0.25, -0.2) is 4.79 Å². The molecule has 0 radical (unpaired) electrons. The number of benzene rings is 1. The number of carbonyl (C=O) groups excluding carboxylic acids is 15. The molecule has 4 aliphatic rings. The van der Waals surface area contributed by atoms with Gasteiger partial charge in [0.15, 0.2) is 18.9 Å². The van der Waals surface area contributed by atoms with Crippen molar-refractivity contribution >= 4 is 89.0 Å². The van der Waals surface area contributed by atoms with E-state index in [0.717, 1.165) is 9.80 Å². The van der Waals surface area contributed by atoms with E-state index >= 15 is 4.79 Å². The predicted octanol–water partition coefficient (Wildman–Crippen LogP) is 0.306. The molecule has 4 fully saturated rings. The number of carbonyl (C=O) groups is 15. The minimum atomic E-state index is -1.74.